The molecule has 6 nitrogen and oxygen atoms in total. The van der Waals surface area contributed by atoms with Gasteiger partial charge in [0.2, 0.25) is 0 Å². The lowest BCUT2D eigenvalue weighted by atomic mass is 10.2. The van der Waals surface area contributed by atoms with Gasteiger partial charge in [0.1, 0.15) is 23.3 Å². The monoisotopic (exact) mass is 294 g/mol. The van der Waals surface area contributed by atoms with Crippen LogP contribution in [0, 0.1) is 11.6 Å². The molecular weight excluding hydrogens is 282 g/mol. The SMILES string of the molecule is Nc1nc(NCc2ccc(F)cc2F)ccc1NC(=O)O. The second-order valence-electron chi connectivity index (χ2n) is 4.15. The smallest absolute Gasteiger partial charge is 0.409 e. The first-order chi connectivity index (χ1) is 9.95. The Morgan fingerprint density at radius 2 is 2.05 bits per heavy atom. The standard InChI is InChI=1S/C13H12F2N4O2/c14-8-2-1-7(9(15)5-8)6-17-11-4-3-10(12(16)19-11)18-13(20)21/h1-5,18H,6H2,(H,20,21)(H3,16,17,19). The number of carboxylic acid groups (broad SMARTS) is 1. The summed E-state index contributed by atoms with van der Waals surface area (Å²) in [5.41, 5.74) is 6.01. The van der Waals surface area contributed by atoms with Crippen molar-refractivity contribution in [1.29, 1.82) is 0 Å². The molecule has 8 heteroatoms. The van der Waals surface area contributed by atoms with Crippen LogP contribution in [0.2, 0.25) is 0 Å². The molecule has 0 aliphatic heterocycles. The van der Waals surface area contributed by atoms with Gasteiger partial charge >= 0.3 is 6.09 Å². The molecule has 0 spiro atoms. The summed E-state index contributed by atoms with van der Waals surface area (Å²) in [6.45, 7) is 0.0876. The second kappa shape index (κ2) is 6.04. The summed E-state index contributed by atoms with van der Waals surface area (Å²) in [4.78, 5) is 14.4. The molecule has 0 saturated heterocycles. The summed E-state index contributed by atoms with van der Waals surface area (Å²) in [7, 11) is 0. The van der Waals surface area contributed by atoms with Crippen LogP contribution in [0.1, 0.15) is 5.56 Å². The Bertz CT molecular complexity index is 679. The zero-order valence-electron chi connectivity index (χ0n) is 10.7. The van der Waals surface area contributed by atoms with Crippen molar-refractivity contribution in [3.63, 3.8) is 0 Å². The first-order valence-corrected chi connectivity index (χ1v) is 5.90. The van der Waals surface area contributed by atoms with E-state index in [0.717, 1.165) is 12.1 Å². The lowest BCUT2D eigenvalue weighted by Gasteiger charge is -2.09. The zero-order valence-corrected chi connectivity index (χ0v) is 10.7. The minimum Gasteiger partial charge on any atom is -0.465 e. The number of pyridine rings is 1. The summed E-state index contributed by atoms with van der Waals surface area (Å²) in [6, 6.07) is 6.19. The van der Waals surface area contributed by atoms with Crippen LogP contribution in [-0.2, 0) is 6.54 Å². The molecule has 0 fully saturated rings. The highest BCUT2D eigenvalue weighted by Gasteiger charge is 2.07. The van der Waals surface area contributed by atoms with E-state index in [1.54, 1.807) is 0 Å². The Labute approximate surface area is 118 Å². The number of anilines is 3. The molecule has 0 atom stereocenters. The maximum atomic E-state index is 13.4. The summed E-state index contributed by atoms with van der Waals surface area (Å²) < 4.78 is 26.2. The van der Waals surface area contributed by atoms with Crippen LogP contribution in [0.4, 0.5) is 30.9 Å². The average molecular weight is 294 g/mol. The third kappa shape index (κ3) is 3.78. The van der Waals surface area contributed by atoms with Crippen LogP contribution < -0.4 is 16.4 Å². The van der Waals surface area contributed by atoms with Crippen LogP contribution in [0.3, 0.4) is 0 Å². The Hall–Kier alpha value is -2.90. The molecule has 1 heterocycles. The number of hydrogen-bond acceptors (Lipinski definition) is 4. The highest BCUT2D eigenvalue weighted by atomic mass is 19.1. The van der Waals surface area contributed by atoms with Crippen LogP contribution in [-0.4, -0.2) is 16.2 Å². The van der Waals surface area contributed by atoms with Crippen molar-refractivity contribution in [3.8, 4) is 0 Å². The summed E-state index contributed by atoms with van der Waals surface area (Å²) in [5.74, 6) is -0.989. The van der Waals surface area contributed by atoms with E-state index in [-0.39, 0.29) is 23.6 Å². The van der Waals surface area contributed by atoms with Gasteiger partial charge in [-0.15, -0.1) is 0 Å². The molecule has 1 aromatic carbocycles. The van der Waals surface area contributed by atoms with Crippen molar-refractivity contribution < 1.29 is 18.7 Å². The quantitative estimate of drug-likeness (QED) is 0.694. The summed E-state index contributed by atoms with van der Waals surface area (Å²) in [6.07, 6.45) is -1.25. The largest absolute Gasteiger partial charge is 0.465 e. The molecule has 0 unspecified atom stereocenters. The number of amides is 1. The topological polar surface area (TPSA) is 100 Å². The third-order valence-electron chi connectivity index (χ3n) is 2.64. The molecule has 0 saturated carbocycles. The number of aromatic nitrogens is 1. The van der Waals surface area contributed by atoms with Gasteiger partial charge in [-0.05, 0) is 18.2 Å². The van der Waals surface area contributed by atoms with Gasteiger partial charge in [-0.2, -0.15) is 0 Å². The highest BCUT2D eigenvalue weighted by molar-refractivity contribution is 5.86. The van der Waals surface area contributed by atoms with Crippen molar-refractivity contribution in [3.05, 3.63) is 47.5 Å². The average Bonchev–Trinajstić information content (AvgIpc) is 2.40. The van der Waals surface area contributed by atoms with E-state index in [1.165, 1.54) is 18.2 Å². The van der Waals surface area contributed by atoms with Crippen LogP contribution in [0.5, 0.6) is 0 Å². The lowest BCUT2D eigenvalue weighted by Crippen LogP contribution is -2.11. The molecule has 0 bridgehead atoms. The third-order valence-corrected chi connectivity index (χ3v) is 2.64. The number of carbonyl (C=O) groups is 1. The van der Waals surface area contributed by atoms with Gasteiger partial charge in [-0.1, -0.05) is 6.07 Å². The normalized spacial score (nSPS) is 10.2. The fourth-order valence-electron chi connectivity index (χ4n) is 1.65. The van der Waals surface area contributed by atoms with Gasteiger partial charge in [0.15, 0.2) is 0 Å². The van der Waals surface area contributed by atoms with Crippen LogP contribution in [0.15, 0.2) is 30.3 Å². The molecule has 2 rings (SSSR count). The van der Waals surface area contributed by atoms with E-state index < -0.39 is 17.7 Å². The van der Waals surface area contributed by atoms with E-state index in [2.05, 4.69) is 15.6 Å². The van der Waals surface area contributed by atoms with Crippen molar-refractivity contribution in [2.45, 2.75) is 6.54 Å². The minimum atomic E-state index is -1.25. The van der Waals surface area contributed by atoms with E-state index in [9.17, 15) is 13.6 Å². The van der Waals surface area contributed by atoms with E-state index in [1.807, 2.05) is 0 Å². The van der Waals surface area contributed by atoms with Gasteiger partial charge in [0.25, 0.3) is 0 Å². The summed E-state index contributed by atoms with van der Waals surface area (Å²) in [5, 5.41) is 13.5. The Balaban J connectivity index is 2.06. The van der Waals surface area contributed by atoms with Gasteiger partial charge in [0.05, 0.1) is 5.69 Å². The zero-order chi connectivity index (χ0) is 15.4. The first-order valence-electron chi connectivity index (χ1n) is 5.90. The molecule has 0 aliphatic rings. The molecule has 2 aromatic rings. The number of nitrogens with one attached hydrogen (secondary N) is 2. The Morgan fingerprint density at radius 3 is 2.67 bits per heavy atom. The first kappa shape index (κ1) is 14.5. The van der Waals surface area contributed by atoms with Crippen molar-refractivity contribution in [2.24, 2.45) is 0 Å². The number of benzene rings is 1. The number of halogens is 2. The van der Waals surface area contributed by atoms with Gasteiger partial charge in [-0.3, -0.25) is 5.32 Å². The predicted octanol–water partition coefficient (Wildman–Crippen LogP) is 2.64. The summed E-state index contributed by atoms with van der Waals surface area (Å²) >= 11 is 0. The van der Waals surface area contributed by atoms with Gasteiger partial charge in [0, 0.05) is 18.2 Å². The molecule has 21 heavy (non-hydrogen) atoms. The number of nitrogens with two attached hydrogens (primary N) is 1. The fourth-order valence-corrected chi connectivity index (χ4v) is 1.65. The number of nitrogens with zero attached hydrogens (tertiary/aromatic N) is 1. The molecule has 0 radical (unpaired) electrons. The van der Waals surface area contributed by atoms with Gasteiger partial charge in [-0.25, -0.2) is 18.6 Å². The molecule has 1 amide bonds. The number of nitrogen functional groups attached to an aromatic ring is 1. The van der Waals surface area contributed by atoms with Crippen molar-refractivity contribution >= 4 is 23.4 Å². The molecule has 0 aliphatic carbocycles. The molecular formula is C13H12F2N4O2. The minimum absolute atomic E-state index is 0.0121. The predicted molar refractivity (Wildman–Crippen MR) is 74.0 cm³/mol. The molecule has 110 valence electrons. The molecule has 5 N–H and O–H groups in total. The van der Waals surface area contributed by atoms with E-state index in [0.29, 0.717) is 5.82 Å². The van der Waals surface area contributed by atoms with Crippen molar-refractivity contribution in [1.82, 2.24) is 4.98 Å². The second-order valence-corrected chi connectivity index (χ2v) is 4.15. The van der Waals surface area contributed by atoms with Crippen LogP contribution in [0.25, 0.3) is 0 Å². The highest BCUT2D eigenvalue weighted by Crippen LogP contribution is 2.19. The van der Waals surface area contributed by atoms with E-state index in [4.69, 9.17) is 10.8 Å². The Morgan fingerprint density at radius 1 is 1.29 bits per heavy atom. The van der Waals surface area contributed by atoms with E-state index >= 15 is 0 Å². The number of rotatable bonds is 4. The van der Waals surface area contributed by atoms with Crippen LogP contribution >= 0.6 is 0 Å². The lowest BCUT2D eigenvalue weighted by molar-refractivity contribution is 0.210. The number of hydrogen-bond donors (Lipinski definition) is 4. The maximum absolute atomic E-state index is 13.4. The Kier molecular flexibility index (Phi) is 4.17. The fraction of sp³-hybridized carbons (Fsp3) is 0.0769. The van der Waals surface area contributed by atoms with Crippen molar-refractivity contribution in [2.75, 3.05) is 16.4 Å². The van der Waals surface area contributed by atoms with Gasteiger partial charge < -0.3 is 16.2 Å². The molecule has 1 aromatic heterocycles. The maximum Gasteiger partial charge on any atom is 0.409 e.